The molecule has 2 saturated heterocycles. The van der Waals surface area contributed by atoms with Gasteiger partial charge in [-0.1, -0.05) is 37.3 Å². The molecule has 0 aliphatic carbocycles. The van der Waals surface area contributed by atoms with Crippen molar-refractivity contribution < 1.29 is 4.79 Å². The Morgan fingerprint density at radius 3 is 2.32 bits per heavy atom. The summed E-state index contributed by atoms with van der Waals surface area (Å²) in [5.41, 5.74) is 1.24. The number of likely N-dealkylation sites (tertiary alicyclic amines) is 2. The summed E-state index contributed by atoms with van der Waals surface area (Å²) in [6.07, 6.45) is 4.62. The van der Waals surface area contributed by atoms with Gasteiger partial charge in [0.05, 0.1) is 6.54 Å². The number of carbonyl (C=O) groups excluding carboxylic acids is 1. The molecule has 0 atom stereocenters. The first kappa shape index (κ1) is 18.4. The van der Waals surface area contributed by atoms with Crippen LogP contribution in [0.15, 0.2) is 30.3 Å². The van der Waals surface area contributed by atoms with Crippen LogP contribution in [0, 0.1) is 5.92 Å². The Morgan fingerprint density at radius 1 is 1.04 bits per heavy atom. The zero-order chi connectivity index (χ0) is 17.6. The van der Waals surface area contributed by atoms with Crippen molar-refractivity contribution in [3.63, 3.8) is 0 Å². The number of amides is 1. The normalized spacial score (nSPS) is 21.4. The number of benzene rings is 1. The Balaban J connectivity index is 1.65. The van der Waals surface area contributed by atoms with E-state index in [9.17, 15) is 4.79 Å². The van der Waals surface area contributed by atoms with E-state index in [-0.39, 0.29) is 0 Å². The van der Waals surface area contributed by atoms with Gasteiger partial charge in [0.1, 0.15) is 0 Å². The number of piperidine rings is 2. The van der Waals surface area contributed by atoms with Crippen LogP contribution in [-0.2, 0) is 11.3 Å². The molecule has 0 N–H and O–H groups in total. The Labute approximate surface area is 152 Å². The topological polar surface area (TPSA) is 26.8 Å². The molecule has 0 bridgehead atoms. The summed E-state index contributed by atoms with van der Waals surface area (Å²) >= 11 is 0. The lowest BCUT2D eigenvalue weighted by molar-refractivity contribution is -0.136. The van der Waals surface area contributed by atoms with Crippen LogP contribution < -0.4 is 0 Å². The number of rotatable bonds is 5. The predicted molar refractivity (Wildman–Crippen MR) is 102 cm³/mol. The second kappa shape index (κ2) is 8.81. The Bertz CT molecular complexity index is 531. The van der Waals surface area contributed by atoms with Gasteiger partial charge in [0.2, 0.25) is 5.91 Å². The Morgan fingerprint density at radius 2 is 1.68 bits per heavy atom. The van der Waals surface area contributed by atoms with E-state index in [0.717, 1.165) is 51.5 Å². The van der Waals surface area contributed by atoms with Crippen molar-refractivity contribution >= 4 is 5.91 Å². The van der Waals surface area contributed by atoms with E-state index < -0.39 is 0 Å². The molecule has 2 aliphatic heterocycles. The number of hydrogen-bond donors (Lipinski definition) is 0. The molecule has 0 spiro atoms. The maximum absolute atomic E-state index is 13.1. The third kappa shape index (κ3) is 5.29. The van der Waals surface area contributed by atoms with Gasteiger partial charge in [0.25, 0.3) is 0 Å². The number of hydrogen-bond acceptors (Lipinski definition) is 3. The smallest absolute Gasteiger partial charge is 0.237 e. The standard InChI is InChI=1S/C21H33N3O/c1-18-8-14-23(15-9-18)17-21(25)24(16-19-6-4-3-5-7-19)20-10-12-22(2)13-11-20/h3-7,18,20H,8-17H2,1-2H3. The average Bonchev–Trinajstić information content (AvgIpc) is 2.63. The van der Waals surface area contributed by atoms with Crippen LogP contribution in [0.25, 0.3) is 0 Å². The van der Waals surface area contributed by atoms with Gasteiger partial charge in [-0.15, -0.1) is 0 Å². The quantitative estimate of drug-likeness (QED) is 0.822. The summed E-state index contributed by atoms with van der Waals surface area (Å²) in [5, 5.41) is 0. The second-order valence-corrected chi connectivity index (χ2v) is 8.00. The van der Waals surface area contributed by atoms with E-state index in [1.54, 1.807) is 0 Å². The minimum Gasteiger partial charge on any atom is -0.334 e. The molecule has 0 saturated carbocycles. The second-order valence-electron chi connectivity index (χ2n) is 8.00. The molecule has 1 amide bonds. The molecule has 3 rings (SSSR count). The molecule has 2 heterocycles. The molecule has 0 unspecified atom stereocenters. The van der Waals surface area contributed by atoms with Crippen LogP contribution in [0.4, 0.5) is 0 Å². The molecule has 1 aromatic rings. The summed E-state index contributed by atoms with van der Waals surface area (Å²) in [5.74, 6) is 1.12. The highest BCUT2D eigenvalue weighted by molar-refractivity contribution is 5.78. The van der Waals surface area contributed by atoms with Crippen molar-refractivity contribution in [2.75, 3.05) is 39.8 Å². The van der Waals surface area contributed by atoms with E-state index in [1.165, 1.54) is 18.4 Å². The van der Waals surface area contributed by atoms with Gasteiger partial charge in [-0.05, 0) is 70.4 Å². The van der Waals surface area contributed by atoms with Crippen LogP contribution in [0.5, 0.6) is 0 Å². The SMILES string of the molecule is CC1CCN(CC(=O)N(Cc2ccccc2)C2CCN(C)CC2)CC1. The maximum atomic E-state index is 13.1. The van der Waals surface area contributed by atoms with Gasteiger partial charge in [-0.3, -0.25) is 9.69 Å². The summed E-state index contributed by atoms with van der Waals surface area (Å²) in [4.78, 5) is 20.0. The van der Waals surface area contributed by atoms with Crippen molar-refractivity contribution in [1.82, 2.24) is 14.7 Å². The fourth-order valence-electron chi connectivity index (χ4n) is 4.01. The average molecular weight is 344 g/mol. The molecule has 0 aromatic heterocycles. The monoisotopic (exact) mass is 343 g/mol. The van der Waals surface area contributed by atoms with Crippen LogP contribution in [0.3, 0.4) is 0 Å². The van der Waals surface area contributed by atoms with Crippen LogP contribution in [0.1, 0.15) is 38.2 Å². The fourth-order valence-corrected chi connectivity index (χ4v) is 4.01. The van der Waals surface area contributed by atoms with Gasteiger partial charge in [0.15, 0.2) is 0 Å². The first-order chi connectivity index (χ1) is 12.1. The first-order valence-electron chi connectivity index (χ1n) is 9.86. The highest BCUT2D eigenvalue weighted by Gasteiger charge is 2.28. The lowest BCUT2D eigenvalue weighted by atomic mass is 9.99. The maximum Gasteiger partial charge on any atom is 0.237 e. The van der Waals surface area contributed by atoms with Crippen molar-refractivity contribution in [2.45, 2.75) is 45.2 Å². The lowest BCUT2D eigenvalue weighted by Gasteiger charge is -2.39. The zero-order valence-electron chi connectivity index (χ0n) is 15.9. The van der Waals surface area contributed by atoms with E-state index >= 15 is 0 Å². The largest absolute Gasteiger partial charge is 0.334 e. The van der Waals surface area contributed by atoms with Gasteiger partial charge >= 0.3 is 0 Å². The van der Waals surface area contributed by atoms with Crippen molar-refractivity contribution in [1.29, 1.82) is 0 Å². The van der Waals surface area contributed by atoms with E-state index in [4.69, 9.17) is 0 Å². The van der Waals surface area contributed by atoms with Crippen molar-refractivity contribution in [3.05, 3.63) is 35.9 Å². The molecular formula is C21H33N3O. The third-order valence-corrected chi connectivity index (χ3v) is 5.88. The van der Waals surface area contributed by atoms with Crippen molar-refractivity contribution in [3.8, 4) is 0 Å². The van der Waals surface area contributed by atoms with Crippen LogP contribution in [0.2, 0.25) is 0 Å². The molecule has 4 heteroatoms. The number of carbonyl (C=O) groups is 1. The van der Waals surface area contributed by atoms with E-state index in [2.05, 4.69) is 52.9 Å². The van der Waals surface area contributed by atoms with Crippen molar-refractivity contribution in [2.24, 2.45) is 5.92 Å². The lowest BCUT2D eigenvalue weighted by Crippen LogP contribution is -2.50. The molecule has 25 heavy (non-hydrogen) atoms. The highest BCUT2D eigenvalue weighted by atomic mass is 16.2. The van der Waals surface area contributed by atoms with Crippen LogP contribution >= 0.6 is 0 Å². The fraction of sp³-hybridized carbons (Fsp3) is 0.667. The summed E-state index contributed by atoms with van der Waals surface area (Å²) < 4.78 is 0. The van der Waals surface area contributed by atoms with E-state index in [0.29, 0.717) is 18.5 Å². The van der Waals surface area contributed by atoms with E-state index in [1.807, 2.05) is 6.07 Å². The predicted octanol–water partition coefficient (Wildman–Crippen LogP) is 2.84. The molecule has 1 aromatic carbocycles. The molecule has 4 nitrogen and oxygen atoms in total. The summed E-state index contributed by atoms with van der Waals surface area (Å²) in [6, 6.07) is 10.8. The van der Waals surface area contributed by atoms with Gasteiger partial charge < -0.3 is 9.80 Å². The number of nitrogens with zero attached hydrogens (tertiary/aromatic N) is 3. The molecule has 2 fully saturated rings. The third-order valence-electron chi connectivity index (χ3n) is 5.88. The highest BCUT2D eigenvalue weighted by Crippen LogP contribution is 2.20. The summed E-state index contributed by atoms with van der Waals surface area (Å²) in [7, 11) is 2.18. The summed E-state index contributed by atoms with van der Waals surface area (Å²) in [6.45, 7) is 7.97. The Hall–Kier alpha value is -1.39. The zero-order valence-corrected chi connectivity index (χ0v) is 15.9. The molecular weight excluding hydrogens is 310 g/mol. The Kier molecular flexibility index (Phi) is 6.49. The first-order valence-corrected chi connectivity index (χ1v) is 9.86. The molecule has 2 aliphatic rings. The van der Waals surface area contributed by atoms with Gasteiger partial charge in [-0.2, -0.15) is 0 Å². The van der Waals surface area contributed by atoms with Crippen LogP contribution in [-0.4, -0.2) is 66.4 Å². The van der Waals surface area contributed by atoms with Gasteiger partial charge in [-0.25, -0.2) is 0 Å². The molecule has 0 radical (unpaired) electrons. The minimum atomic E-state index is 0.313. The van der Waals surface area contributed by atoms with Gasteiger partial charge in [0, 0.05) is 12.6 Å². The molecule has 138 valence electrons. The minimum absolute atomic E-state index is 0.313.